The quantitative estimate of drug-likeness (QED) is 0.850. The molecule has 2 aromatic rings. The average Bonchev–Trinajstić information content (AvgIpc) is 2.78. The van der Waals surface area contributed by atoms with Crippen LogP contribution >= 0.6 is 11.6 Å². The number of nitrogens with two attached hydrogens (primary N) is 1. The Morgan fingerprint density at radius 1 is 1.38 bits per heavy atom. The fraction of sp³-hybridized carbons (Fsp3) is 0.417. The van der Waals surface area contributed by atoms with Gasteiger partial charge in [-0.3, -0.25) is 0 Å². The lowest BCUT2D eigenvalue weighted by atomic mass is 10.1. The van der Waals surface area contributed by atoms with Gasteiger partial charge in [0.05, 0.1) is 22.0 Å². The van der Waals surface area contributed by atoms with E-state index in [1.807, 2.05) is 0 Å². The topological polar surface area (TPSA) is 104 Å². The Balaban J connectivity index is 2.42. The molecule has 0 spiro atoms. The van der Waals surface area contributed by atoms with Crippen molar-refractivity contribution in [1.29, 1.82) is 0 Å². The van der Waals surface area contributed by atoms with E-state index in [0.717, 1.165) is 0 Å². The van der Waals surface area contributed by atoms with E-state index in [4.69, 9.17) is 17.3 Å². The van der Waals surface area contributed by atoms with E-state index >= 15 is 0 Å². The molecule has 7 nitrogen and oxygen atoms in total. The van der Waals surface area contributed by atoms with Crippen LogP contribution in [-0.4, -0.2) is 39.6 Å². The molecule has 0 bridgehead atoms. The molecule has 0 aliphatic rings. The second kappa shape index (κ2) is 5.27. The standard InChI is InChI=1S/C12H16ClN5O2S/c1-12(2,21(3,19)20)7-18-11(15-16-17-18)8-4-5-9(13)10(14)6-8/h4-6H,7,14H2,1-3H3. The monoisotopic (exact) mass is 329 g/mol. The molecule has 21 heavy (non-hydrogen) atoms. The van der Waals surface area contributed by atoms with Crippen molar-refractivity contribution >= 4 is 27.1 Å². The highest BCUT2D eigenvalue weighted by Crippen LogP contribution is 2.26. The Bertz CT molecular complexity index is 770. The van der Waals surface area contributed by atoms with Crippen LogP contribution in [0.25, 0.3) is 11.4 Å². The van der Waals surface area contributed by atoms with Gasteiger partial charge in [-0.2, -0.15) is 0 Å². The third-order valence-corrected chi connectivity index (χ3v) is 5.80. The van der Waals surface area contributed by atoms with Gasteiger partial charge in [0, 0.05) is 11.8 Å². The van der Waals surface area contributed by atoms with E-state index in [-0.39, 0.29) is 6.54 Å². The van der Waals surface area contributed by atoms with Crippen LogP contribution in [0.5, 0.6) is 0 Å². The summed E-state index contributed by atoms with van der Waals surface area (Å²) < 4.78 is 24.1. The average molecular weight is 330 g/mol. The summed E-state index contributed by atoms with van der Waals surface area (Å²) in [6.45, 7) is 3.39. The zero-order valence-electron chi connectivity index (χ0n) is 11.9. The van der Waals surface area contributed by atoms with Crippen LogP contribution in [-0.2, 0) is 16.4 Å². The third-order valence-electron chi connectivity index (χ3n) is 3.32. The molecule has 0 saturated carbocycles. The van der Waals surface area contributed by atoms with Gasteiger partial charge in [0.25, 0.3) is 0 Å². The van der Waals surface area contributed by atoms with Crippen LogP contribution in [0.1, 0.15) is 13.8 Å². The van der Waals surface area contributed by atoms with Gasteiger partial charge >= 0.3 is 0 Å². The lowest BCUT2D eigenvalue weighted by Gasteiger charge is -2.22. The Morgan fingerprint density at radius 3 is 2.62 bits per heavy atom. The highest BCUT2D eigenvalue weighted by molar-refractivity contribution is 7.92. The number of benzene rings is 1. The summed E-state index contributed by atoms with van der Waals surface area (Å²) in [6, 6.07) is 5.03. The number of tetrazole rings is 1. The smallest absolute Gasteiger partial charge is 0.182 e. The highest BCUT2D eigenvalue weighted by Gasteiger charge is 2.32. The van der Waals surface area contributed by atoms with E-state index in [9.17, 15) is 8.42 Å². The summed E-state index contributed by atoms with van der Waals surface area (Å²) in [7, 11) is -3.25. The first kappa shape index (κ1) is 15.7. The molecule has 114 valence electrons. The minimum Gasteiger partial charge on any atom is -0.398 e. The van der Waals surface area contributed by atoms with Gasteiger partial charge in [-0.05, 0) is 42.5 Å². The van der Waals surface area contributed by atoms with Crippen LogP contribution < -0.4 is 5.73 Å². The van der Waals surface area contributed by atoms with Crippen LogP contribution in [0.2, 0.25) is 5.02 Å². The number of rotatable bonds is 4. The number of anilines is 1. The lowest BCUT2D eigenvalue weighted by Crippen LogP contribution is -2.36. The third kappa shape index (κ3) is 3.16. The summed E-state index contributed by atoms with van der Waals surface area (Å²) in [6.07, 6.45) is 1.19. The maximum Gasteiger partial charge on any atom is 0.182 e. The molecule has 0 atom stereocenters. The molecule has 2 N–H and O–H groups in total. The van der Waals surface area contributed by atoms with Gasteiger partial charge in [-0.1, -0.05) is 11.6 Å². The molecule has 9 heteroatoms. The van der Waals surface area contributed by atoms with E-state index in [1.165, 1.54) is 10.9 Å². The summed E-state index contributed by atoms with van der Waals surface area (Å²) in [5.74, 6) is 0.440. The highest BCUT2D eigenvalue weighted by atomic mass is 35.5. The van der Waals surface area contributed by atoms with Crippen LogP contribution in [0, 0.1) is 0 Å². The molecule has 0 aliphatic heterocycles. The Hall–Kier alpha value is -1.67. The predicted octanol–water partition coefficient (Wildman–Crippen LogP) is 1.40. The number of halogens is 1. The zero-order valence-corrected chi connectivity index (χ0v) is 13.5. The largest absolute Gasteiger partial charge is 0.398 e. The van der Waals surface area contributed by atoms with E-state index in [2.05, 4.69) is 15.5 Å². The van der Waals surface area contributed by atoms with E-state index in [0.29, 0.717) is 22.1 Å². The van der Waals surface area contributed by atoms with Gasteiger partial charge in [0.1, 0.15) is 0 Å². The number of hydrogen-bond acceptors (Lipinski definition) is 6. The number of hydrogen-bond donors (Lipinski definition) is 1. The van der Waals surface area contributed by atoms with Crippen LogP contribution in [0.15, 0.2) is 18.2 Å². The lowest BCUT2D eigenvalue weighted by molar-refractivity contribution is 0.471. The number of aromatic nitrogens is 4. The molecule has 0 unspecified atom stereocenters. The maximum atomic E-state index is 11.8. The number of sulfone groups is 1. The molecule has 0 radical (unpaired) electrons. The Morgan fingerprint density at radius 2 is 2.05 bits per heavy atom. The fourth-order valence-electron chi connectivity index (χ4n) is 1.68. The van der Waals surface area contributed by atoms with Crippen molar-refractivity contribution in [3.63, 3.8) is 0 Å². The van der Waals surface area contributed by atoms with Crippen molar-refractivity contribution in [2.24, 2.45) is 0 Å². The second-order valence-corrected chi connectivity index (χ2v) is 8.48. The van der Waals surface area contributed by atoms with Crippen molar-refractivity contribution in [1.82, 2.24) is 20.2 Å². The Kier molecular flexibility index (Phi) is 3.94. The first-order valence-electron chi connectivity index (χ1n) is 6.13. The molecule has 0 amide bonds. The van der Waals surface area contributed by atoms with Crippen molar-refractivity contribution in [2.45, 2.75) is 25.1 Å². The molecule has 0 aliphatic carbocycles. The van der Waals surface area contributed by atoms with E-state index < -0.39 is 14.6 Å². The van der Waals surface area contributed by atoms with E-state index in [1.54, 1.807) is 32.0 Å². The second-order valence-electron chi connectivity index (χ2n) is 5.43. The SMILES string of the molecule is CC(C)(Cn1nnnc1-c1ccc(Cl)c(N)c1)S(C)(=O)=O. The molecule has 2 rings (SSSR count). The summed E-state index contributed by atoms with van der Waals surface area (Å²) in [5, 5.41) is 11.8. The first-order chi connectivity index (χ1) is 9.62. The number of nitrogen functional groups attached to an aromatic ring is 1. The normalized spacial score (nSPS) is 12.6. The molecule has 1 heterocycles. The minimum absolute atomic E-state index is 0.136. The summed E-state index contributed by atoms with van der Waals surface area (Å²) in [4.78, 5) is 0. The minimum atomic E-state index is -3.25. The van der Waals surface area contributed by atoms with Crippen molar-refractivity contribution in [3.05, 3.63) is 23.2 Å². The molecule has 1 aromatic carbocycles. The molecular formula is C12H16ClN5O2S. The van der Waals surface area contributed by atoms with Crippen molar-refractivity contribution < 1.29 is 8.42 Å². The zero-order chi connectivity index (χ0) is 15.8. The molecular weight excluding hydrogens is 314 g/mol. The molecule has 1 aromatic heterocycles. The fourth-order valence-corrected chi connectivity index (χ4v) is 2.15. The number of nitrogens with zero attached hydrogens (tertiary/aromatic N) is 4. The molecule has 0 fully saturated rings. The first-order valence-corrected chi connectivity index (χ1v) is 8.40. The van der Waals surface area contributed by atoms with Gasteiger partial charge in [0.2, 0.25) is 0 Å². The maximum absolute atomic E-state index is 11.8. The van der Waals surface area contributed by atoms with Crippen LogP contribution in [0.4, 0.5) is 5.69 Å². The van der Waals surface area contributed by atoms with Crippen molar-refractivity contribution in [3.8, 4) is 11.4 Å². The summed E-state index contributed by atoms with van der Waals surface area (Å²) in [5.41, 5.74) is 6.85. The Labute approximate surface area is 128 Å². The van der Waals surface area contributed by atoms with Crippen LogP contribution in [0.3, 0.4) is 0 Å². The van der Waals surface area contributed by atoms with Crippen molar-refractivity contribution in [2.75, 3.05) is 12.0 Å². The predicted molar refractivity (Wildman–Crippen MR) is 81.6 cm³/mol. The van der Waals surface area contributed by atoms with Gasteiger partial charge in [-0.15, -0.1) is 5.10 Å². The van der Waals surface area contributed by atoms with Gasteiger partial charge in [0.15, 0.2) is 15.7 Å². The summed E-state index contributed by atoms with van der Waals surface area (Å²) >= 11 is 5.89. The molecule has 0 saturated heterocycles. The van der Waals surface area contributed by atoms with Gasteiger partial charge < -0.3 is 5.73 Å². The van der Waals surface area contributed by atoms with Gasteiger partial charge in [-0.25, -0.2) is 13.1 Å².